The van der Waals surface area contributed by atoms with Crippen molar-refractivity contribution < 1.29 is 13.7 Å². The van der Waals surface area contributed by atoms with E-state index in [0.29, 0.717) is 24.4 Å². The third kappa shape index (κ3) is 1.85. The molecule has 1 fully saturated rings. The zero-order valence-electron chi connectivity index (χ0n) is 9.39. The Kier molecular flexibility index (Phi) is 2.55. The Balaban J connectivity index is 1.90. The minimum absolute atomic E-state index is 0.0364. The van der Waals surface area contributed by atoms with E-state index in [2.05, 4.69) is 15.5 Å². The molecular formula is C12H10FN3O2. The first-order valence-electron chi connectivity index (χ1n) is 5.59. The smallest absolute Gasteiger partial charge is 0.232 e. The summed E-state index contributed by atoms with van der Waals surface area (Å²) in [5.74, 6) is 0.0238. The molecule has 0 aliphatic carbocycles. The molecule has 3 rings (SSSR count). The van der Waals surface area contributed by atoms with Crippen molar-refractivity contribution in [2.24, 2.45) is 0 Å². The van der Waals surface area contributed by atoms with Gasteiger partial charge in [-0.25, -0.2) is 4.39 Å². The summed E-state index contributed by atoms with van der Waals surface area (Å²) in [5, 5.41) is 6.44. The van der Waals surface area contributed by atoms with Gasteiger partial charge in [-0.2, -0.15) is 4.98 Å². The number of rotatable bonds is 2. The number of amides is 1. The van der Waals surface area contributed by atoms with Crippen molar-refractivity contribution in [2.75, 3.05) is 6.54 Å². The molecule has 0 bridgehead atoms. The summed E-state index contributed by atoms with van der Waals surface area (Å²) < 4.78 is 18.6. The second kappa shape index (κ2) is 4.21. The van der Waals surface area contributed by atoms with Crippen LogP contribution < -0.4 is 5.32 Å². The fourth-order valence-electron chi connectivity index (χ4n) is 1.93. The van der Waals surface area contributed by atoms with Gasteiger partial charge in [0.1, 0.15) is 5.82 Å². The molecular weight excluding hydrogens is 237 g/mol. The van der Waals surface area contributed by atoms with Crippen LogP contribution >= 0.6 is 0 Å². The van der Waals surface area contributed by atoms with Gasteiger partial charge < -0.3 is 9.84 Å². The van der Waals surface area contributed by atoms with E-state index in [1.54, 1.807) is 18.2 Å². The highest BCUT2D eigenvalue weighted by Gasteiger charge is 2.28. The monoisotopic (exact) mass is 247 g/mol. The molecule has 92 valence electrons. The minimum atomic E-state index is -0.398. The average Bonchev–Trinajstić information content (AvgIpc) is 2.98. The van der Waals surface area contributed by atoms with Crippen LogP contribution in [0.25, 0.3) is 11.4 Å². The molecule has 0 unspecified atom stereocenters. The van der Waals surface area contributed by atoms with E-state index in [-0.39, 0.29) is 17.6 Å². The predicted octanol–water partition coefficient (Wildman–Crippen LogP) is 1.48. The van der Waals surface area contributed by atoms with E-state index < -0.39 is 5.82 Å². The topological polar surface area (TPSA) is 68.0 Å². The number of aromatic nitrogens is 2. The number of hydrogen-bond acceptors (Lipinski definition) is 4. The van der Waals surface area contributed by atoms with Crippen LogP contribution in [0, 0.1) is 5.82 Å². The highest BCUT2D eigenvalue weighted by Crippen LogP contribution is 2.25. The number of carbonyl (C=O) groups excluding carboxylic acids is 1. The van der Waals surface area contributed by atoms with Crippen LogP contribution in [-0.4, -0.2) is 22.6 Å². The standard InChI is InChI=1S/C12H10FN3O2/c13-9-4-2-1-3-8(9)11-15-12(18-16-11)7-5-10(17)14-6-7/h1-4,7H,5-6H2,(H,14,17)/t7-/m0/s1. The van der Waals surface area contributed by atoms with E-state index >= 15 is 0 Å². The lowest BCUT2D eigenvalue weighted by Gasteiger charge is -1.97. The number of halogens is 1. The highest BCUT2D eigenvalue weighted by molar-refractivity contribution is 5.79. The molecule has 1 aromatic carbocycles. The third-order valence-corrected chi connectivity index (χ3v) is 2.88. The molecule has 1 N–H and O–H groups in total. The lowest BCUT2D eigenvalue weighted by Crippen LogP contribution is -2.13. The molecule has 18 heavy (non-hydrogen) atoms. The summed E-state index contributed by atoms with van der Waals surface area (Å²) in [6.07, 6.45) is 0.332. The van der Waals surface area contributed by atoms with Gasteiger partial charge in [0.05, 0.1) is 11.5 Å². The van der Waals surface area contributed by atoms with Gasteiger partial charge in [0, 0.05) is 13.0 Å². The molecule has 1 aliphatic rings. The van der Waals surface area contributed by atoms with Gasteiger partial charge in [-0.15, -0.1) is 0 Å². The Hall–Kier alpha value is -2.24. The summed E-state index contributed by atoms with van der Waals surface area (Å²) in [6.45, 7) is 0.484. The fourth-order valence-corrected chi connectivity index (χ4v) is 1.93. The lowest BCUT2D eigenvalue weighted by molar-refractivity contribution is -0.119. The summed E-state index contributed by atoms with van der Waals surface area (Å²) in [6, 6.07) is 6.22. The van der Waals surface area contributed by atoms with Crippen LogP contribution in [0.5, 0.6) is 0 Å². The summed E-state index contributed by atoms with van der Waals surface area (Å²) >= 11 is 0. The zero-order chi connectivity index (χ0) is 12.5. The number of benzene rings is 1. The van der Waals surface area contributed by atoms with E-state index in [0.717, 1.165) is 0 Å². The summed E-state index contributed by atoms with van der Waals surface area (Å²) in [5.41, 5.74) is 0.296. The Bertz CT molecular complexity index is 597. The third-order valence-electron chi connectivity index (χ3n) is 2.88. The van der Waals surface area contributed by atoms with Crippen LogP contribution in [0.4, 0.5) is 4.39 Å². The van der Waals surface area contributed by atoms with Gasteiger partial charge in [0.25, 0.3) is 0 Å². The van der Waals surface area contributed by atoms with Crippen LogP contribution in [0.2, 0.25) is 0 Å². The molecule has 1 atom stereocenters. The average molecular weight is 247 g/mol. The van der Waals surface area contributed by atoms with Crippen molar-refractivity contribution in [2.45, 2.75) is 12.3 Å². The second-order valence-electron chi connectivity index (χ2n) is 4.14. The summed E-state index contributed by atoms with van der Waals surface area (Å²) in [4.78, 5) is 15.2. The van der Waals surface area contributed by atoms with Crippen molar-refractivity contribution in [1.82, 2.24) is 15.5 Å². The van der Waals surface area contributed by atoms with E-state index in [9.17, 15) is 9.18 Å². The quantitative estimate of drug-likeness (QED) is 0.872. The van der Waals surface area contributed by atoms with Gasteiger partial charge in [-0.3, -0.25) is 4.79 Å². The Labute approximate surface area is 102 Å². The molecule has 1 saturated heterocycles. The molecule has 0 radical (unpaired) electrons. The molecule has 2 heterocycles. The maximum atomic E-state index is 13.5. The highest BCUT2D eigenvalue weighted by atomic mass is 19.1. The zero-order valence-corrected chi connectivity index (χ0v) is 9.39. The number of hydrogen-bond donors (Lipinski definition) is 1. The fraction of sp³-hybridized carbons (Fsp3) is 0.250. The molecule has 0 spiro atoms. The molecule has 1 amide bonds. The number of nitrogens with zero attached hydrogens (tertiary/aromatic N) is 2. The normalized spacial score (nSPS) is 18.9. The van der Waals surface area contributed by atoms with Crippen molar-refractivity contribution in [3.8, 4) is 11.4 Å². The minimum Gasteiger partial charge on any atom is -0.355 e. The number of nitrogens with one attached hydrogen (secondary N) is 1. The SMILES string of the molecule is O=C1C[C@H](c2nc(-c3ccccc3F)no2)CN1. The van der Waals surface area contributed by atoms with Crippen LogP contribution in [0.15, 0.2) is 28.8 Å². The predicted molar refractivity (Wildman–Crippen MR) is 60.1 cm³/mol. The Morgan fingerprint density at radius 2 is 2.22 bits per heavy atom. The molecule has 1 aromatic heterocycles. The Morgan fingerprint density at radius 3 is 2.94 bits per heavy atom. The first-order chi connectivity index (χ1) is 8.74. The Morgan fingerprint density at radius 1 is 1.39 bits per heavy atom. The van der Waals surface area contributed by atoms with Crippen molar-refractivity contribution in [3.05, 3.63) is 36.0 Å². The number of carbonyl (C=O) groups is 1. The van der Waals surface area contributed by atoms with Gasteiger partial charge >= 0.3 is 0 Å². The molecule has 1 aliphatic heterocycles. The lowest BCUT2D eigenvalue weighted by atomic mass is 10.1. The first kappa shape index (κ1) is 10.9. The summed E-state index contributed by atoms with van der Waals surface area (Å²) in [7, 11) is 0. The maximum absolute atomic E-state index is 13.5. The first-order valence-corrected chi connectivity index (χ1v) is 5.59. The van der Waals surface area contributed by atoms with Crippen molar-refractivity contribution >= 4 is 5.91 Å². The van der Waals surface area contributed by atoms with E-state index in [1.807, 2.05) is 0 Å². The van der Waals surface area contributed by atoms with Gasteiger partial charge in [-0.05, 0) is 12.1 Å². The van der Waals surface area contributed by atoms with Crippen molar-refractivity contribution in [1.29, 1.82) is 0 Å². The van der Waals surface area contributed by atoms with Gasteiger partial charge in [0.2, 0.25) is 17.6 Å². The van der Waals surface area contributed by atoms with E-state index in [1.165, 1.54) is 6.07 Å². The van der Waals surface area contributed by atoms with Crippen LogP contribution in [0.1, 0.15) is 18.2 Å². The molecule has 2 aromatic rings. The molecule has 6 heteroatoms. The van der Waals surface area contributed by atoms with Crippen LogP contribution in [-0.2, 0) is 4.79 Å². The van der Waals surface area contributed by atoms with Gasteiger partial charge in [-0.1, -0.05) is 17.3 Å². The molecule has 0 saturated carbocycles. The van der Waals surface area contributed by atoms with Gasteiger partial charge in [0.15, 0.2) is 0 Å². The maximum Gasteiger partial charge on any atom is 0.232 e. The second-order valence-corrected chi connectivity index (χ2v) is 4.14. The largest absolute Gasteiger partial charge is 0.355 e. The van der Waals surface area contributed by atoms with Crippen LogP contribution in [0.3, 0.4) is 0 Å². The molecule has 5 nitrogen and oxygen atoms in total. The van der Waals surface area contributed by atoms with E-state index in [4.69, 9.17) is 4.52 Å². The van der Waals surface area contributed by atoms with Crippen molar-refractivity contribution in [3.63, 3.8) is 0 Å².